The first-order valence-corrected chi connectivity index (χ1v) is 11.0. The van der Waals surface area contributed by atoms with E-state index in [1.165, 1.54) is 16.7 Å². The molecule has 1 amide bonds. The van der Waals surface area contributed by atoms with E-state index in [1.807, 2.05) is 10.9 Å². The molecule has 7 nitrogen and oxygen atoms in total. The number of ether oxygens (including phenoxy) is 2. The van der Waals surface area contributed by atoms with Gasteiger partial charge >= 0.3 is 0 Å². The lowest BCUT2D eigenvalue weighted by molar-refractivity contribution is -0.117. The number of nitrogens with zero attached hydrogens (tertiary/aromatic N) is 3. The second-order valence-corrected chi connectivity index (χ2v) is 8.27. The highest BCUT2D eigenvalue weighted by molar-refractivity contribution is 5.94. The molecule has 0 fully saturated rings. The van der Waals surface area contributed by atoms with E-state index in [1.54, 1.807) is 32.4 Å². The van der Waals surface area contributed by atoms with Crippen LogP contribution in [0.5, 0.6) is 11.5 Å². The molecule has 3 aromatic rings. The zero-order valence-corrected chi connectivity index (χ0v) is 19.6. The van der Waals surface area contributed by atoms with E-state index < -0.39 is 0 Å². The minimum Gasteiger partial charge on any atom is -0.497 e. The maximum atomic E-state index is 12.6. The maximum Gasteiger partial charge on any atom is 0.238 e. The van der Waals surface area contributed by atoms with Crippen LogP contribution >= 0.6 is 0 Å². The van der Waals surface area contributed by atoms with E-state index in [9.17, 15) is 4.79 Å². The van der Waals surface area contributed by atoms with Gasteiger partial charge in [-0.15, -0.1) is 0 Å². The monoisotopic (exact) mass is 446 g/mol. The minimum absolute atomic E-state index is 0.0714. The highest BCUT2D eigenvalue weighted by Gasteiger charge is 2.18. The molecule has 1 aliphatic rings. The lowest BCUT2D eigenvalue weighted by atomic mass is 10.0. The number of aryl methyl sites for hydroxylation is 2. The van der Waals surface area contributed by atoms with Gasteiger partial charge in [0.15, 0.2) is 0 Å². The zero-order valence-electron chi connectivity index (χ0n) is 19.6. The van der Waals surface area contributed by atoms with Gasteiger partial charge in [-0.2, -0.15) is 5.10 Å². The molecule has 4 rings (SSSR count). The van der Waals surface area contributed by atoms with E-state index >= 15 is 0 Å². The van der Waals surface area contributed by atoms with Crippen molar-refractivity contribution in [3.8, 4) is 17.2 Å². The van der Waals surface area contributed by atoms with Crippen LogP contribution < -0.4 is 14.8 Å². The molecule has 0 radical (unpaired) electrons. The summed E-state index contributed by atoms with van der Waals surface area (Å²) >= 11 is 0. The molecule has 0 spiro atoms. The average Bonchev–Trinajstić information content (AvgIpc) is 3.32. The summed E-state index contributed by atoms with van der Waals surface area (Å²) in [6.45, 7) is 6.08. The number of carbonyl (C=O) groups is 1. The van der Waals surface area contributed by atoms with Crippen molar-refractivity contribution in [2.45, 2.75) is 20.3 Å². The Morgan fingerprint density at radius 2 is 1.94 bits per heavy atom. The summed E-state index contributed by atoms with van der Waals surface area (Å²) in [7, 11) is 3.17. The van der Waals surface area contributed by atoms with Crippen LogP contribution in [0.25, 0.3) is 11.3 Å². The molecule has 1 N–H and O–H groups in total. The highest BCUT2D eigenvalue weighted by Crippen LogP contribution is 2.29. The van der Waals surface area contributed by atoms with Crippen LogP contribution in [0.1, 0.15) is 23.1 Å². The van der Waals surface area contributed by atoms with E-state index in [-0.39, 0.29) is 5.91 Å². The van der Waals surface area contributed by atoms with Gasteiger partial charge in [0.2, 0.25) is 5.91 Å². The number of anilines is 1. The molecule has 0 saturated carbocycles. The molecule has 0 saturated heterocycles. The Bertz CT molecular complexity index is 1180. The molecule has 1 aliphatic heterocycles. The lowest BCUT2D eigenvalue weighted by Crippen LogP contribution is -2.36. The van der Waals surface area contributed by atoms with Gasteiger partial charge < -0.3 is 14.8 Å². The first-order valence-electron chi connectivity index (χ1n) is 11.0. The fourth-order valence-corrected chi connectivity index (χ4v) is 3.91. The fourth-order valence-electron chi connectivity index (χ4n) is 3.91. The summed E-state index contributed by atoms with van der Waals surface area (Å²) in [6.07, 6.45) is 7.05. The van der Waals surface area contributed by atoms with Crippen molar-refractivity contribution in [3.05, 3.63) is 71.6 Å². The molecule has 2 aromatic carbocycles. The van der Waals surface area contributed by atoms with Gasteiger partial charge in [-0.05, 0) is 61.2 Å². The largest absolute Gasteiger partial charge is 0.497 e. The smallest absolute Gasteiger partial charge is 0.238 e. The van der Waals surface area contributed by atoms with E-state index in [2.05, 4.69) is 59.6 Å². The maximum absolute atomic E-state index is 12.6. The van der Waals surface area contributed by atoms with Gasteiger partial charge in [-0.1, -0.05) is 12.1 Å². The molecular weight excluding hydrogens is 416 g/mol. The third-order valence-electron chi connectivity index (χ3n) is 6.05. The Balaban J connectivity index is 1.36. The third-order valence-corrected chi connectivity index (χ3v) is 6.05. The number of nitrogens with one attached hydrogen (secondary N) is 1. The molecule has 0 bridgehead atoms. The van der Waals surface area contributed by atoms with Crippen molar-refractivity contribution in [1.82, 2.24) is 14.7 Å². The number of hydrogen-bond donors (Lipinski definition) is 1. The third kappa shape index (κ3) is 5.26. The predicted molar refractivity (Wildman–Crippen MR) is 130 cm³/mol. The molecule has 7 heteroatoms. The van der Waals surface area contributed by atoms with Crippen LogP contribution in [0.2, 0.25) is 0 Å². The number of rotatable bonds is 7. The Hall–Kier alpha value is -3.58. The average molecular weight is 447 g/mol. The van der Waals surface area contributed by atoms with Crippen molar-refractivity contribution in [2.24, 2.45) is 0 Å². The van der Waals surface area contributed by atoms with Crippen molar-refractivity contribution in [2.75, 3.05) is 39.2 Å². The molecule has 0 atom stereocenters. The van der Waals surface area contributed by atoms with Gasteiger partial charge in [-0.25, -0.2) is 4.68 Å². The number of carbonyl (C=O) groups excluding carboxylic acids is 1. The molecule has 2 heterocycles. The Kier molecular flexibility index (Phi) is 6.79. The van der Waals surface area contributed by atoms with Gasteiger partial charge in [0.05, 0.1) is 38.3 Å². The Labute approximate surface area is 194 Å². The molecule has 172 valence electrons. The van der Waals surface area contributed by atoms with Crippen LogP contribution in [0.15, 0.2) is 54.9 Å². The second-order valence-electron chi connectivity index (χ2n) is 8.27. The topological polar surface area (TPSA) is 68.6 Å². The van der Waals surface area contributed by atoms with Crippen molar-refractivity contribution < 1.29 is 14.3 Å². The summed E-state index contributed by atoms with van der Waals surface area (Å²) in [5, 5.41) is 7.49. The van der Waals surface area contributed by atoms with Crippen LogP contribution in [0.3, 0.4) is 0 Å². The first-order chi connectivity index (χ1) is 16.0. The number of hydrogen-bond acceptors (Lipinski definition) is 5. The summed E-state index contributed by atoms with van der Waals surface area (Å²) in [5.74, 6) is 1.18. The predicted octanol–water partition coefficient (Wildman–Crippen LogP) is 4.23. The Morgan fingerprint density at radius 3 is 2.64 bits per heavy atom. The van der Waals surface area contributed by atoms with Crippen molar-refractivity contribution in [1.29, 1.82) is 0 Å². The zero-order chi connectivity index (χ0) is 23.4. The Morgan fingerprint density at radius 1 is 1.09 bits per heavy atom. The summed E-state index contributed by atoms with van der Waals surface area (Å²) in [4.78, 5) is 14.7. The molecule has 1 aromatic heterocycles. The second kappa shape index (κ2) is 9.92. The standard InChI is InChI=1S/C26H30N4O3/c1-18-5-6-22(13-19(18)2)30-16-21(15-27-30)20-9-11-29(12-10-20)17-26(31)28-24-8-7-23(32-3)14-25(24)33-4/h5-9,13-16H,10-12,17H2,1-4H3,(H,28,31). The molecule has 0 aliphatic carbocycles. The summed E-state index contributed by atoms with van der Waals surface area (Å²) < 4.78 is 12.5. The van der Waals surface area contributed by atoms with Crippen LogP contribution in [-0.4, -0.2) is 54.4 Å². The number of aromatic nitrogens is 2. The van der Waals surface area contributed by atoms with E-state index in [0.29, 0.717) is 23.7 Å². The quantitative estimate of drug-likeness (QED) is 0.588. The summed E-state index contributed by atoms with van der Waals surface area (Å²) in [6, 6.07) is 11.7. The van der Waals surface area contributed by atoms with Crippen LogP contribution in [0.4, 0.5) is 5.69 Å². The van der Waals surface area contributed by atoms with Crippen LogP contribution in [-0.2, 0) is 4.79 Å². The fraction of sp³-hybridized carbons (Fsp3) is 0.308. The van der Waals surface area contributed by atoms with E-state index in [0.717, 1.165) is 30.8 Å². The first kappa shape index (κ1) is 22.6. The summed E-state index contributed by atoms with van der Waals surface area (Å²) in [5.41, 5.74) is 6.61. The number of methoxy groups -OCH3 is 2. The van der Waals surface area contributed by atoms with Gasteiger partial charge in [0, 0.05) is 30.9 Å². The van der Waals surface area contributed by atoms with Crippen LogP contribution in [0, 0.1) is 13.8 Å². The van der Waals surface area contributed by atoms with Crippen molar-refractivity contribution in [3.63, 3.8) is 0 Å². The molecular formula is C26H30N4O3. The normalized spacial score (nSPS) is 14.0. The number of benzene rings is 2. The number of amides is 1. The highest BCUT2D eigenvalue weighted by atomic mass is 16.5. The minimum atomic E-state index is -0.0714. The van der Waals surface area contributed by atoms with Crippen molar-refractivity contribution >= 4 is 17.2 Å². The van der Waals surface area contributed by atoms with Gasteiger partial charge in [-0.3, -0.25) is 9.69 Å². The molecule has 0 unspecified atom stereocenters. The van der Waals surface area contributed by atoms with Gasteiger partial charge in [0.25, 0.3) is 0 Å². The van der Waals surface area contributed by atoms with Gasteiger partial charge in [0.1, 0.15) is 11.5 Å². The molecule has 33 heavy (non-hydrogen) atoms. The lowest BCUT2D eigenvalue weighted by Gasteiger charge is -2.25. The SMILES string of the molecule is COc1ccc(NC(=O)CN2CC=C(c3cnn(-c4ccc(C)c(C)c4)c3)CC2)c(OC)c1. The van der Waals surface area contributed by atoms with E-state index in [4.69, 9.17) is 9.47 Å².